The fourth-order valence-electron chi connectivity index (χ4n) is 15.9. The minimum Gasteiger partial charge on any atom is -0.394 e. The van der Waals surface area contributed by atoms with Crippen LogP contribution in [0, 0.1) is 52.3 Å². The van der Waals surface area contributed by atoms with Crippen molar-refractivity contribution in [3.05, 3.63) is 0 Å². The van der Waals surface area contributed by atoms with E-state index in [1.807, 2.05) is 0 Å². The van der Waals surface area contributed by atoms with Crippen molar-refractivity contribution in [1.82, 2.24) is 0 Å². The van der Waals surface area contributed by atoms with Crippen LogP contribution >= 0.6 is 0 Å². The number of ether oxygens (including phenoxy) is 10. The molecule has 6 aliphatic heterocycles. The minimum atomic E-state index is -1.99. The van der Waals surface area contributed by atoms with Crippen LogP contribution in [-0.4, -0.2) is 229 Å². The molecule has 10 rings (SSSR count). The van der Waals surface area contributed by atoms with E-state index in [2.05, 4.69) is 27.7 Å². The Bertz CT molecular complexity index is 1830. The highest BCUT2D eigenvalue weighted by atomic mass is 16.8. The predicted octanol–water partition coefficient (Wildman–Crippen LogP) is -2.27. The maximum atomic E-state index is 12.2. The molecule has 0 bridgehead atoms. The summed E-state index contributed by atoms with van der Waals surface area (Å²) in [7, 11) is 0. The molecule has 0 amide bonds. The average molecular weight is 1040 g/mol. The summed E-state index contributed by atoms with van der Waals surface area (Å²) in [5.41, 5.74) is 0.239. The van der Waals surface area contributed by atoms with E-state index in [1.165, 1.54) is 0 Å². The topological polar surface area (TPSA) is 335 Å². The van der Waals surface area contributed by atoms with Gasteiger partial charge in [0.2, 0.25) is 0 Å². The highest BCUT2D eigenvalue weighted by molar-refractivity contribution is 5.15. The largest absolute Gasteiger partial charge is 0.394 e. The van der Waals surface area contributed by atoms with Gasteiger partial charge in [-0.05, 0) is 104 Å². The Morgan fingerprint density at radius 2 is 1.12 bits per heavy atom. The quantitative estimate of drug-likeness (QED) is 0.0971. The maximum Gasteiger partial charge on any atom is 0.187 e. The van der Waals surface area contributed by atoms with Gasteiger partial charge < -0.3 is 109 Å². The number of rotatable bonds is 11. The molecule has 12 N–H and O–H groups in total. The van der Waals surface area contributed by atoms with Crippen molar-refractivity contribution in [3.63, 3.8) is 0 Å². The van der Waals surface area contributed by atoms with Crippen molar-refractivity contribution in [3.8, 4) is 0 Å². The first kappa shape index (κ1) is 54.5. The SMILES string of the molecule is C[C@H]1CC[C@@]2(OC1)O[C@H]1C[C@H]3[C@@H]4CC[C@@H]5C[C@@H](O[C@@H]6O[C@H](CO)[C@@H](O[C@@H]7O[C@H](CO)[C@@H](O[C@@H]8OC[C@@H](O)[C@H](O)[C@H]8O)[C@H](O)[C@H]7O)[C@H](O[C@@H]7O[C@H](CO)[C@@H](O)[C@H](O)C7O)[C@H]6O)CC[C@]5(C)[C@H]4CC[C@]3(C)[C@H]1[C@@H]2C. The van der Waals surface area contributed by atoms with Crippen LogP contribution in [0.25, 0.3) is 0 Å². The lowest BCUT2D eigenvalue weighted by molar-refractivity contribution is -0.396. The molecule has 72 heavy (non-hydrogen) atoms. The normalized spacial score (nSPS) is 57.8. The molecule has 0 radical (unpaired) electrons. The lowest BCUT2D eigenvalue weighted by atomic mass is 9.44. The molecule has 10 aliphatic rings. The Kier molecular flexibility index (Phi) is 15.9. The lowest BCUT2D eigenvalue weighted by Gasteiger charge is -2.61. The van der Waals surface area contributed by atoms with Gasteiger partial charge in [0.15, 0.2) is 30.9 Å². The van der Waals surface area contributed by atoms with E-state index < -0.39 is 149 Å². The van der Waals surface area contributed by atoms with Crippen molar-refractivity contribution in [2.45, 2.75) is 227 Å². The molecule has 0 aromatic heterocycles. The Morgan fingerprint density at radius 1 is 0.514 bits per heavy atom. The minimum absolute atomic E-state index is 0.0559. The first-order chi connectivity index (χ1) is 34.3. The smallest absolute Gasteiger partial charge is 0.187 e. The zero-order valence-electron chi connectivity index (χ0n) is 41.7. The van der Waals surface area contributed by atoms with E-state index in [0.29, 0.717) is 54.3 Å². The van der Waals surface area contributed by atoms with Crippen molar-refractivity contribution in [2.75, 3.05) is 33.0 Å². The van der Waals surface area contributed by atoms with Crippen molar-refractivity contribution >= 4 is 0 Å². The monoisotopic (exact) mass is 1030 g/mol. The summed E-state index contributed by atoms with van der Waals surface area (Å²) in [6.07, 6.45) is -22.4. The van der Waals surface area contributed by atoms with Crippen LogP contribution in [0.4, 0.5) is 0 Å². The number of aliphatic hydroxyl groups is 12. The molecular formula is C50H82O22. The van der Waals surface area contributed by atoms with Gasteiger partial charge in [-0.1, -0.05) is 27.7 Å². The first-order valence-electron chi connectivity index (χ1n) is 26.7. The molecule has 6 heterocycles. The molecule has 22 heteroatoms. The third-order valence-corrected chi connectivity index (χ3v) is 20.0. The molecule has 1 unspecified atom stereocenters. The molecule has 6 saturated heterocycles. The second kappa shape index (κ2) is 21.1. The van der Waals surface area contributed by atoms with Gasteiger partial charge in [0.25, 0.3) is 0 Å². The Morgan fingerprint density at radius 3 is 1.81 bits per heavy atom. The van der Waals surface area contributed by atoms with Crippen LogP contribution < -0.4 is 0 Å². The van der Waals surface area contributed by atoms with Crippen LogP contribution in [0.15, 0.2) is 0 Å². The van der Waals surface area contributed by atoms with Gasteiger partial charge in [0.05, 0.1) is 45.2 Å². The second-order valence-electron chi connectivity index (χ2n) is 23.9. The third-order valence-electron chi connectivity index (χ3n) is 20.0. The fraction of sp³-hybridized carbons (Fsp3) is 1.00. The second-order valence-corrected chi connectivity index (χ2v) is 23.9. The van der Waals surface area contributed by atoms with Crippen molar-refractivity contribution in [1.29, 1.82) is 0 Å². The van der Waals surface area contributed by atoms with Crippen LogP contribution in [-0.2, 0) is 47.4 Å². The summed E-state index contributed by atoms with van der Waals surface area (Å²) in [6.45, 7) is 7.51. The van der Waals surface area contributed by atoms with Crippen molar-refractivity contribution in [2.24, 2.45) is 52.3 Å². The molecule has 4 saturated carbocycles. The van der Waals surface area contributed by atoms with E-state index in [1.54, 1.807) is 0 Å². The van der Waals surface area contributed by atoms with Gasteiger partial charge in [-0.25, -0.2) is 0 Å². The van der Waals surface area contributed by atoms with E-state index in [0.717, 1.165) is 58.0 Å². The van der Waals surface area contributed by atoms with E-state index in [9.17, 15) is 61.3 Å². The number of hydrogen-bond acceptors (Lipinski definition) is 22. The summed E-state index contributed by atoms with van der Waals surface area (Å²) in [5, 5.41) is 129. The van der Waals surface area contributed by atoms with Crippen molar-refractivity contribution < 1.29 is 109 Å². The Balaban J connectivity index is 0.830. The summed E-state index contributed by atoms with van der Waals surface area (Å²) in [5.74, 6) is 2.91. The zero-order chi connectivity index (χ0) is 51.3. The number of fused-ring (bicyclic) bond motifs is 7. The highest BCUT2D eigenvalue weighted by Gasteiger charge is 2.69. The van der Waals surface area contributed by atoms with Gasteiger partial charge in [0, 0.05) is 12.3 Å². The maximum absolute atomic E-state index is 12.2. The van der Waals surface area contributed by atoms with E-state index >= 15 is 0 Å². The molecule has 0 aromatic carbocycles. The van der Waals surface area contributed by atoms with Gasteiger partial charge in [-0.3, -0.25) is 0 Å². The zero-order valence-corrected chi connectivity index (χ0v) is 41.7. The summed E-state index contributed by atoms with van der Waals surface area (Å²) >= 11 is 0. The van der Waals surface area contributed by atoms with Crippen LogP contribution in [0.2, 0.25) is 0 Å². The first-order valence-corrected chi connectivity index (χ1v) is 26.7. The molecule has 22 nitrogen and oxygen atoms in total. The molecule has 414 valence electrons. The molecule has 10 fully saturated rings. The summed E-state index contributed by atoms with van der Waals surface area (Å²) in [6, 6.07) is 0. The molecule has 1 spiro atoms. The van der Waals surface area contributed by atoms with Gasteiger partial charge in [0.1, 0.15) is 91.6 Å². The number of hydrogen-bond donors (Lipinski definition) is 12. The van der Waals surface area contributed by atoms with Gasteiger partial charge >= 0.3 is 0 Å². The summed E-state index contributed by atoms with van der Waals surface area (Å²) in [4.78, 5) is 0. The molecular weight excluding hydrogens is 953 g/mol. The fourth-order valence-corrected chi connectivity index (χ4v) is 15.9. The lowest BCUT2D eigenvalue weighted by Crippen LogP contribution is -2.68. The highest BCUT2D eigenvalue weighted by Crippen LogP contribution is 2.71. The van der Waals surface area contributed by atoms with Gasteiger partial charge in [-0.15, -0.1) is 0 Å². The molecule has 31 atom stereocenters. The standard InChI is InChI=1S/C50H82O22/c1-20-7-12-50(64-18-20)21(2)32-28(72-50)14-26-24-6-5-22-13-23(8-10-48(22,3)25(24)9-11-49(26,32)4)65-47-40(62)43(71-45-38(60)35(57)34(56)29(15-51)66-45)42(31(17-53)68-47)70-46-39(61)36(58)41(30(16-52)67-46)69-44-37(59)33(55)27(54)19-63-44/h20-47,51-62H,5-19H2,1-4H3/t20-,21-,22+,23-,24+,25-,26-,27+,28-,29+,30+,31+,32-,33-,34+,35-,36+,37+,38?,39+,40+,41+,42+,43+,44-,45-,46-,47+,48-,49-,50+/m0/s1. The Hall–Kier alpha value is -0.880. The Labute approximate surface area is 419 Å². The van der Waals surface area contributed by atoms with E-state index in [4.69, 9.17) is 47.4 Å². The number of aliphatic hydroxyl groups excluding tert-OH is 12. The van der Waals surface area contributed by atoms with E-state index in [-0.39, 0.29) is 23.0 Å². The average Bonchev–Trinajstić information content (AvgIpc) is 3.82. The molecule has 4 aliphatic carbocycles. The van der Waals surface area contributed by atoms with Crippen LogP contribution in [0.5, 0.6) is 0 Å². The predicted molar refractivity (Wildman–Crippen MR) is 242 cm³/mol. The summed E-state index contributed by atoms with van der Waals surface area (Å²) < 4.78 is 61.3. The third kappa shape index (κ3) is 9.26. The van der Waals surface area contributed by atoms with Crippen LogP contribution in [0.3, 0.4) is 0 Å². The van der Waals surface area contributed by atoms with Crippen LogP contribution in [0.1, 0.15) is 91.9 Å². The molecule has 0 aromatic rings. The van der Waals surface area contributed by atoms with Gasteiger partial charge in [-0.2, -0.15) is 0 Å².